The molecule has 126 valence electrons. The lowest BCUT2D eigenvalue weighted by Gasteiger charge is -2.43. The number of esters is 3. The standard InChI is InChI=1S/C13H19ClO8/c1-6(15)19-10-9(5-14)22-13(18-4)12(21-8(3)17)11(10)20-7(2)16/h9-13H,5H2,1-4H3/t9-,10-,11+,12+,13+/m1/s1. The highest BCUT2D eigenvalue weighted by Crippen LogP contribution is 2.29. The molecule has 0 bridgehead atoms. The zero-order valence-electron chi connectivity index (χ0n) is 12.7. The summed E-state index contributed by atoms with van der Waals surface area (Å²) in [5.74, 6) is -1.91. The van der Waals surface area contributed by atoms with E-state index >= 15 is 0 Å². The number of alkyl halides is 1. The molecule has 22 heavy (non-hydrogen) atoms. The Labute approximate surface area is 132 Å². The fourth-order valence-corrected chi connectivity index (χ4v) is 2.42. The summed E-state index contributed by atoms with van der Waals surface area (Å²) in [6, 6.07) is 0. The van der Waals surface area contributed by atoms with E-state index in [9.17, 15) is 14.4 Å². The Kier molecular flexibility index (Phi) is 7.05. The van der Waals surface area contributed by atoms with Crippen molar-refractivity contribution in [2.24, 2.45) is 0 Å². The molecule has 0 aromatic heterocycles. The van der Waals surface area contributed by atoms with Crippen molar-refractivity contribution in [2.45, 2.75) is 51.5 Å². The predicted molar refractivity (Wildman–Crippen MR) is 73.1 cm³/mol. The second-order valence-corrected chi connectivity index (χ2v) is 4.96. The van der Waals surface area contributed by atoms with E-state index in [-0.39, 0.29) is 5.88 Å². The van der Waals surface area contributed by atoms with Crippen molar-refractivity contribution >= 4 is 29.5 Å². The van der Waals surface area contributed by atoms with Gasteiger partial charge >= 0.3 is 17.9 Å². The summed E-state index contributed by atoms with van der Waals surface area (Å²) in [4.78, 5) is 33.9. The first-order chi connectivity index (χ1) is 10.3. The van der Waals surface area contributed by atoms with Gasteiger partial charge in [-0.2, -0.15) is 0 Å². The lowest BCUT2D eigenvalue weighted by Crippen LogP contribution is -2.62. The van der Waals surface area contributed by atoms with Crippen molar-refractivity contribution in [2.75, 3.05) is 13.0 Å². The summed E-state index contributed by atoms with van der Waals surface area (Å²) >= 11 is 5.82. The maximum Gasteiger partial charge on any atom is 0.303 e. The number of carbonyl (C=O) groups excluding carboxylic acids is 3. The second-order valence-electron chi connectivity index (χ2n) is 4.66. The molecule has 0 amide bonds. The van der Waals surface area contributed by atoms with Crippen LogP contribution < -0.4 is 0 Å². The summed E-state index contributed by atoms with van der Waals surface area (Å²) < 4.78 is 26.1. The number of ether oxygens (including phenoxy) is 5. The van der Waals surface area contributed by atoms with Crippen molar-refractivity contribution < 1.29 is 38.1 Å². The highest BCUT2D eigenvalue weighted by molar-refractivity contribution is 6.18. The van der Waals surface area contributed by atoms with Crippen molar-refractivity contribution in [1.82, 2.24) is 0 Å². The van der Waals surface area contributed by atoms with Crippen LogP contribution in [0.1, 0.15) is 20.8 Å². The Hall–Kier alpha value is -1.38. The van der Waals surface area contributed by atoms with Gasteiger partial charge in [-0.3, -0.25) is 14.4 Å². The summed E-state index contributed by atoms with van der Waals surface area (Å²) in [6.45, 7) is 3.56. The highest BCUT2D eigenvalue weighted by atomic mass is 35.5. The van der Waals surface area contributed by atoms with Crippen LogP contribution >= 0.6 is 11.6 Å². The van der Waals surface area contributed by atoms with Gasteiger partial charge in [0.05, 0.1) is 5.88 Å². The summed E-state index contributed by atoms with van der Waals surface area (Å²) in [6.07, 6.45) is -4.99. The van der Waals surface area contributed by atoms with Crippen LogP contribution in [0.25, 0.3) is 0 Å². The van der Waals surface area contributed by atoms with Gasteiger partial charge in [0.2, 0.25) is 0 Å². The lowest BCUT2D eigenvalue weighted by atomic mass is 9.99. The molecule has 1 saturated heterocycles. The van der Waals surface area contributed by atoms with E-state index in [0.717, 1.165) is 0 Å². The van der Waals surface area contributed by atoms with Gasteiger partial charge in [-0.05, 0) is 0 Å². The van der Waals surface area contributed by atoms with E-state index in [2.05, 4.69) is 0 Å². The number of halogens is 1. The SMILES string of the molecule is CO[C@H]1O[C@H](CCl)[C@@H](OC(C)=O)[C@H](OC(C)=O)[C@@H]1OC(C)=O. The van der Waals surface area contributed by atoms with Gasteiger partial charge in [0.25, 0.3) is 0 Å². The zero-order valence-corrected chi connectivity index (χ0v) is 13.5. The fourth-order valence-electron chi connectivity index (χ4n) is 2.17. The van der Waals surface area contributed by atoms with Gasteiger partial charge < -0.3 is 23.7 Å². The second kappa shape index (κ2) is 8.30. The molecule has 1 heterocycles. The number of carbonyl (C=O) groups is 3. The highest BCUT2D eigenvalue weighted by Gasteiger charge is 2.51. The third-order valence-corrected chi connectivity index (χ3v) is 3.19. The normalized spacial score (nSPS) is 31.2. The Morgan fingerprint density at radius 3 is 1.77 bits per heavy atom. The van der Waals surface area contributed by atoms with Crippen molar-refractivity contribution in [3.63, 3.8) is 0 Å². The Morgan fingerprint density at radius 1 is 0.909 bits per heavy atom. The van der Waals surface area contributed by atoms with Crippen LogP contribution in [0.15, 0.2) is 0 Å². The summed E-state index contributed by atoms with van der Waals surface area (Å²) in [7, 11) is 1.34. The molecule has 0 unspecified atom stereocenters. The topological polar surface area (TPSA) is 97.4 Å². The quantitative estimate of drug-likeness (QED) is 0.403. The summed E-state index contributed by atoms with van der Waals surface area (Å²) in [5, 5.41) is 0. The van der Waals surface area contributed by atoms with E-state index in [0.29, 0.717) is 0 Å². The first-order valence-corrected chi connectivity index (χ1v) is 7.09. The van der Waals surface area contributed by atoms with Crippen LogP contribution in [0, 0.1) is 0 Å². The van der Waals surface area contributed by atoms with E-state index in [1.54, 1.807) is 0 Å². The minimum absolute atomic E-state index is 0.0393. The number of hydrogen-bond acceptors (Lipinski definition) is 8. The van der Waals surface area contributed by atoms with Crippen LogP contribution in [0.4, 0.5) is 0 Å². The van der Waals surface area contributed by atoms with Crippen LogP contribution in [0.2, 0.25) is 0 Å². The van der Waals surface area contributed by atoms with Crippen LogP contribution in [0.3, 0.4) is 0 Å². The molecule has 9 heteroatoms. The molecular weight excluding hydrogens is 320 g/mol. The van der Waals surface area contributed by atoms with Gasteiger partial charge in [-0.15, -0.1) is 11.6 Å². The van der Waals surface area contributed by atoms with Crippen molar-refractivity contribution in [3.05, 3.63) is 0 Å². The monoisotopic (exact) mass is 338 g/mol. The van der Waals surface area contributed by atoms with Crippen molar-refractivity contribution in [3.8, 4) is 0 Å². The third kappa shape index (κ3) is 4.82. The molecule has 0 N–H and O–H groups in total. The molecule has 0 aliphatic carbocycles. The number of hydrogen-bond donors (Lipinski definition) is 0. The fraction of sp³-hybridized carbons (Fsp3) is 0.769. The molecule has 5 atom stereocenters. The molecular formula is C13H19ClO8. The molecule has 0 aromatic rings. The van der Waals surface area contributed by atoms with Gasteiger partial charge in [-0.25, -0.2) is 0 Å². The molecule has 0 saturated carbocycles. The molecule has 1 fully saturated rings. The Morgan fingerprint density at radius 2 is 1.36 bits per heavy atom. The largest absolute Gasteiger partial charge is 0.456 e. The van der Waals surface area contributed by atoms with Gasteiger partial charge in [0, 0.05) is 27.9 Å². The van der Waals surface area contributed by atoms with Crippen LogP contribution in [0.5, 0.6) is 0 Å². The van der Waals surface area contributed by atoms with E-state index in [1.165, 1.54) is 27.9 Å². The Bertz CT molecular complexity index is 396. The molecule has 0 radical (unpaired) electrons. The first-order valence-electron chi connectivity index (χ1n) is 6.56. The molecule has 1 aliphatic rings. The minimum atomic E-state index is -1.09. The van der Waals surface area contributed by atoms with Gasteiger partial charge in [0.1, 0.15) is 6.10 Å². The molecule has 8 nitrogen and oxygen atoms in total. The zero-order chi connectivity index (χ0) is 16.9. The smallest absolute Gasteiger partial charge is 0.303 e. The van der Waals surface area contributed by atoms with E-state index in [4.69, 9.17) is 35.3 Å². The average Bonchev–Trinajstić information content (AvgIpc) is 2.41. The van der Waals surface area contributed by atoms with E-state index in [1.807, 2.05) is 0 Å². The van der Waals surface area contributed by atoms with Crippen molar-refractivity contribution in [1.29, 1.82) is 0 Å². The van der Waals surface area contributed by atoms with Gasteiger partial charge in [-0.1, -0.05) is 0 Å². The number of methoxy groups -OCH3 is 1. The molecule has 1 rings (SSSR count). The van der Waals surface area contributed by atoms with E-state index < -0.39 is 48.6 Å². The maximum absolute atomic E-state index is 11.3. The predicted octanol–water partition coefficient (Wildman–Crippen LogP) is 0.392. The Balaban J connectivity index is 3.14. The van der Waals surface area contributed by atoms with Crippen LogP contribution in [-0.4, -0.2) is 61.6 Å². The molecule has 1 aliphatic heterocycles. The van der Waals surface area contributed by atoms with Crippen LogP contribution in [-0.2, 0) is 38.1 Å². The summed E-state index contributed by atoms with van der Waals surface area (Å²) in [5.41, 5.74) is 0. The first kappa shape index (κ1) is 18.7. The van der Waals surface area contributed by atoms with Gasteiger partial charge in [0.15, 0.2) is 24.6 Å². The lowest BCUT2D eigenvalue weighted by molar-refractivity contribution is -0.294. The molecule has 0 spiro atoms. The average molecular weight is 339 g/mol. The third-order valence-electron chi connectivity index (χ3n) is 2.88. The molecule has 0 aromatic carbocycles. The maximum atomic E-state index is 11.3. The number of rotatable bonds is 5. The minimum Gasteiger partial charge on any atom is -0.456 e.